The number of rotatable bonds is 0. The van der Waals surface area contributed by atoms with Crippen LogP contribution in [0.1, 0.15) is 0 Å². The number of nitrogens with one attached hydrogen (secondary N) is 1. The van der Waals surface area contributed by atoms with E-state index in [1.807, 2.05) is 0 Å². The van der Waals surface area contributed by atoms with Crippen LogP contribution >= 0.6 is 0 Å². The number of hydrogen-bond acceptors (Lipinski definition) is 3. The van der Waals surface area contributed by atoms with E-state index in [4.69, 9.17) is 9.84 Å². The molecule has 2 N–H and O–H groups in total. The molecule has 3 nitrogen and oxygen atoms in total. The topological polar surface area (TPSA) is 41.5 Å². The van der Waals surface area contributed by atoms with Crippen LogP contribution in [0.15, 0.2) is 12.1 Å². The van der Waals surface area contributed by atoms with Gasteiger partial charge >= 0.3 is 0 Å². The number of hydrogen-bond donors (Lipinski definition) is 2. The quantitative estimate of drug-likeness (QED) is 0.421. The molecule has 1 saturated heterocycles. The van der Waals surface area contributed by atoms with Crippen LogP contribution in [0.4, 0.5) is 0 Å². The monoisotopic (exact) mass is 101 g/mol. The van der Waals surface area contributed by atoms with E-state index in [0.29, 0.717) is 12.5 Å². The van der Waals surface area contributed by atoms with Gasteiger partial charge in [-0.3, -0.25) is 0 Å². The first-order chi connectivity index (χ1) is 3.43. The predicted molar refractivity (Wildman–Crippen MR) is 24.7 cm³/mol. The summed E-state index contributed by atoms with van der Waals surface area (Å²) >= 11 is 0. The van der Waals surface area contributed by atoms with Crippen LogP contribution in [0, 0.1) is 0 Å². The fourth-order valence-corrected chi connectivity index (χ4v) is 0.469. The molecule has 0 saturated carbocycles. The summed E-state index contributed by atoms with van der Waals surface area (Å²) in [6.45, 7) is 1.46. The summed E-state index contributed by atoms with van der Waals surface area (Å²) in [6.07, 6.45) is 0.924. The molecule has 0 spiro atoms. The maximum Gasteiger partial charge on any atom is 0.222 e. The van der Waals surface area contributed by atoms with Gasteiger partial charge in [0, 0.05) is 0 Å². The molecule has 0 amide bonds. The Morgan fingerprint density at radius 2 is 2.71 bits per heavy atom. The smallest absolute Gasteiger partial charge is 0.222 e. The summed E-state index contributed by atoms with van der Waals surface area (Å²) in [7, 11) is 0. The van der Waals surface area contributed by atoms with Crippen molar-refractivity contribution in [3.8, 4) is 0 Å². The van der Waals surface area contributed by atoms with Gasteiger partial charge in [-0.25, -0.2) is 0 Å². The Morgan fingerprint density at radius 3 is 3.00 bits per heavy atom. The maximum atomic E-state index is 8.22. The van der Waals surface area contributed by atoms with E-state index >= 15 is 0 Å². The molecular weight excluding hydrogens is 94.0 g/mol. The molecule has 40 valence electrons. The predicted octanol–water partition coefficient (Wildman–Crippen LogP) is -0.0369. The zero-order chi connectivity index (χ0) is 5.11. The first-order valence-electron chi connectivity index (χ1n) is 2.14. The first kappa shape index (κ1) is 4.30. The van der Waals surface area contributed by atoms with Gasteiger partial charge in [0.05, 0.1) is 6.54 Å². The van der Waals surface area contributed by atoms with Crippen molar-refractivity contribution in [2.24, 2.45) is 0 Å². The van der Waals surface area contributed by atoms with E-state index in [9.17, 15) is 0 Å². The fraction of sp³-hybridized carbons (Fsp3) is 0.500. The van der Waals surface area contributed by atoms with Crippen molar-refractivity contribution in [2.75, 3.05) is 13.2 Å². The molecule has 0 radical (unpaired) electrons. The van der Waals surface area contributed by atoms with Crippen LogP contribution in [0.3, 0.4) is 0 Å². The van der Waals surface area contributed by atoms with Crippen molar-refractivity contribution >= 4 is 0 Å². The van der Waals surface area contributed by atoms with Crippen LogP contribution in [0.5, 0.6) is 0 Å². The minimum Gasteiger partial charge on any atom is -0.510 e. The normalized spacial score (nSPS) is 24.3. The van der Waals surface area contributed by atoms with Crippen LogP contribution in [-0.2, 0) is 4.74 Å². The highest BCUT2D eigenvalue weighted by Gasteiger charge is 2.02. The lowest BCUT2D eigenvalue weighted by molar-refractivity contribution is 0.249. The number of aliphatic hydroxyl groups is 1. The van der Waals surface area contributed by atoms with Crippen molar-refractivity contribution in [2.45, 2.75) is 0 Å². The molecule has 0 aromatic rings. The summed E-state index contributed by atoms with van der Waals surface area (Å²) in [5.74, 6) is 0.472. The van der Waals surface area contributed by atoms with Crippen LogP contribution in [0.25, 0.3) is 0 Å². The minimum absolute atomic E-state index is 0.472. The summed E-state index contributed by atoms with van der Waals surface area (Å²) in [5.41, 5.74) is 0. The van der Waals surface area contributed by atoms with Crippen molar-refractivity contribution in [1.29, 1.82) is 0 Å². The van der Waals surface area contributed by atoms with Gasteiger partial charge in [-0.1, -0.05) is 0 Å². The van der Waals surface area contributed by atoms with Crippen molar-refractivity contribution in [3.05, 3.63) is 12.1 Å². The molecule has 3 heteroatoms. The Balaban J connectivity index is 2.41. The molecule has 1 heterocycles. The second kappa shape index (κ2) is 1.73. The molecule has 1 fully saturated rings. The van der Waals surface area contributed by atoms with E-state index < -0.39 is 0 Å². The highest BCUT2D eigenvalue weighted by atomic mass is 16.5. The molecular formula is C4H7NO2. The molecule has 1 aliphatic heterocycles. The highest BCUT2D eigenvalue weighted by Crippen LogP contribution is 1.95. The van der Waals surface area contributed by atoms with Crippen LogP contribution in [0.2, 0.25) is 0 Å². The van der Waals surface area contributed by atoms with Gasteiger partial charge in [-0.15, -0.1) is 0 Å². The molecule has 0 unspecified atom stereocenters. The zero-order valence-corrected chi connectivity index (χ0v) is 3.85. The van der Waals surface area contributed by atoms with Gasteiger partial charge in [-0.05, 0) is 0 Å². The maximum absolute atomic E-state index is 8.22. The van der Waals surface area contributed by atoms with E-state index in [1.54, 1.807) is 0 Å². The van der Waals surface area contributed by atoms with Gasteiger partial charge in [-0.2, -0.15) is 0 Å². The Hall–Kier alpha value is -0.860. The first-order valence-corrected chi connectivity index (χ1v) is 2.14. The van der Waals surface area contributed by atoms with E-state index in [2.05, 4.69) is 5.32 Å². The highest BCUT2D eigenvalue weighted by molar-refractivity contribution is 4.87. The lowest BCUT2D eigenvalue weighted by Crippen LogP contribution is -2.03. The van der Waals surface area contributed by atoms with Gasteiger partial charge < -0.3 is 15.2 Å². The number of aliphatic hydroxyl groups excluding tert-OH is 1. The lowest BCUT2D eigenvalue weighted by atomic mass is 10.7. The van der Waals surface area contributed by atoms with Crippen LogP contribution < -0.4 is 5.32 Å². The summed E-state index contributed by atoms with van der Waals surface area (Å²) in [4.78, 5) is 0. The third-order valence-electron chi connectivity index (χ3n) is 0.776. The third-order valence-corrected chi connectivity index (χ3v) is 0.776. The second-order valence-electron chi connectivity index (χ2n) is 1.27. The molecule has 0 bridgehead atoms. The molecule has 1 rings (SSSR count). The van der Waals surface area contributed by atoms with Gasteiger partial charge in [0.15, 0.2) is 0 Å². The summed E-state index contributed by atoms with van der Waals surface area (Å²) < 4.78 is 4.80. The second-order valence-corrected chi connectivity index (χ2v) is 1.27. The summed E-state index contributed by atoms with van der Waals surface area (Å²) in [6, 6.07) is 0. The minimum atomic E-state index is 0.472. The Morgan fingerprint density at radius 1 is 1.86 bits per heavy atom. The van der Waals surface area contributed by atoms with Crippen molar-refractivity contribution in [3.63, 3.8) is 0 Å². The fourth-order valence-electron chi connectivity index (χ4n) is 0.469. The molecule has 0 aromatic heterocycles. The third kappa shape index (κ3) is 0.765. The molecule has 0 atom stereocenters. The van der Waals surface area contributed by atoms with Crippen molar-refractivity contribution in [1.82, 2.24) is 5.32 Å². The molecule has 7 heavy (non-hydrogen) atoms. The molecule has 1 aliphatic rings. The SMILES string of the molecule is OC=C1NCCO1. The number of ether oxygens (including phenoxy) is 1. The summed E-state index contributed by atoms with van der Waals surface area (Å²) in [5, 5.41) is 11.0. The van der Waals surface area contributed by atoms with E-state index in [0.717, 1.165) is 12.8 Å². The molecule has 0 aliphatic carbocycles. The largest absolute Gasteiger partial charge is 0.510 e. The van der Waals surface area contributed by atoms with Gasteiger partial charge in [0.1, 0.15) is 12.9 Å². The van der Waals surface area contributed by atoms with Crippen LogP contribution in [-0.4, -0.2) is 18.3 Å². The Kier molecular flexibility index (Phi) is 1.06. The average Bonchev–Trinajstić information content (AvgIpc) is 2.14. The van der Waals surface area contributed by atoms with E-state index in [-0.39, 0.29) is 0 Å². The average molecular weight is 101 g/mol. The zero-order valence-electron chi connectivity index (χ0n) is 3.85. The Labute approximate surface area is 41.6 Å². The van der Waals surface area contributed by atoms with Gasteiger partial charge in [0.2, 0.25) is 5.88 Å². The Bertz CT molecular complexity index is 81.7. The standard InChI is InChI=1S/C4H7NO2/c6-3-4-5-1-2-7-4/h3,5-6H,1-2H2. The van der Waals surface area contributed by atoms with Crippen molar-refractivity contribution < 1.29 is 9.84 Å². The van der Waals surface area contributed by atoms with Gasteiger partial charge in [0.25, 0.3) is 0 Å². The lowest BCUT2D eigenvalue weighted by Gasteiger charge is -1.90. The molecule has 0 aromatic carbocycles. The van der Waals surface area contributed by atoms with E-state index in [1.165, 1.54) is 0 Å².